The zero-order valence-electron chi connectivity index (χ0n) is 13.4. The van der Waals surface area contributed by atoms with E-state index in [2.05, 4.69) is 22.5 Å². The number of nitrogens with zero attached hydrogens (tertiary/aromatic N) is 2. The third-order valence-corrected chi connectivity index (χ3v) is 3.92. The quantitative estimate of drug-likeness (QED) is 0.595. The van der Waals surface area contributed by atoms with E-state index < -0.39 is 0 Å². The lowest BCUT2D eigenvalue weighted by Gasteiger charge is -2.30. The molecule has 0 radical (unpaired) electrons. The summed E-state index contributed by atoms with van der Waals surface area (Å²) in [6, 6.07) is 0.487. The molecule has 2 unspecified atom stereocenters. The molecule has 0 saturated heterocycles. The summed E-state index contributed by atoms with van der Waals surface area (Å²) in [5.74, 6) is 1.62. The fraction of sp³-hybridized carbons (Fsp3) is 0.867. The van der Waals surface area contributed by atoms with E-state index in [1.54, 1.807) is 19.0 Å². The first kappa shape index (κ1) is 16.8. The minimum Gasteiger partial charge on any atom is -0.357 e. The van der Waals surface area contributed by atoms with Crippen molar-refractivity contribution in [3.63, 3.8) is 0 Å². The van der Waals surface area contributed by atoms with E-state index >= 15 is 0 Å². The summed E-state index contributed by atoms with van der Waals surface area (Å²) >= 11 is 0. The summed E-state index contributed by atoms with van der Waals surface area (Å²) in [6.07, 6.45) is 6.30. The molecule has 1 rings (SSSR count). The first-order valence-electron chi connectivity index (χ1n) is 7.81. The molecule has 2 atom stereocenters. The molecular weight excluding hydrogens is 252 g/mol. The molecule has 5 heteroatoms. The van der Waals surface area contributed by atoms with E-state index in [1.807, 2.05) is 6.92 Å². The van der Waals surface area contributed by atoms with Crippen LogP contribution in [0.15, 0.2) is 4.99 Å². The van der Waals surface area contributed by atoms with E-state index in [4.69, 9.17) is 0 Å². The van der Waals surface area contributed by atoms with Crippen LogP contribution >= 0.6 is 0 Å². The molecule has 0 heterocycles. The number of hydrogen-bond donors (Lipinski definition) is 2. The molecule has 1 fully saturated rings. The molecule has 0 aromatic rings. The van der Waals surface area contributed by atoms with Crippen LogP contribution in [0.4, 0.5) is 0 Å². The summed E-state index contributed by atoms with van der Waals surface area (Å²) in [6.45, 7) is 5.32. The lowest BCUT2D eigenvalue weighted by molar-refractivity contribution is -0.127. The maximum atomic E-state index is 11.6. The minimum atomic E-state index is 0.0253. The molecule has 5 nitrogen and oxygen atoms in total. The third-order valence-electron chi connectivity index (χ3n) is 3.92. The maximum absolute atomic E-state index is 11.6. The van der Waals surface area contributed by atoms with Crippen LogP contribution in [-0.2, 0) is 4.79 Å². The third kappa shape index (κ3) is 5.80. The Morgan fingerprint density at radius 3 is 2.65 bits per heavy atom. The van der Waals surface area contributed by atoms with Crippen molar-refractivity contribution in [3.05, 3.63) is 0 Å². The molecular formula is C15H30N4O. The first-order chi connectivity index (χ1) is 9.56. The van der Waals surface area contributed by atoms with Gasteiger partial charge in [0.05, 0.1) is 0 Å². The molecule has 1 saturated carbocycles. The highest BCUT2D eigenvalue weighted by Gasteiger charge is 2.21. The van der Waals surface area contributed by atoms with E-state index in [-0.39, 0.29) is 12.5 Å². The van der Waals surface area contributed by atoms with Gasteiger partial charge in [0, 0.05) is 26.7 Å². The second-order valence-corrected chi connectivity index (χ2v) is 5.77. The zero-order valence-corrected chi connectivity index (χ0v) is 13.4. The monoisotopic (exact) mass is 282 g/mol. The topological polar surface area (TPSA) is 56.7 Å². The molecule has 1 amide bonds. The predicted octanol–water partition coefficient (Wildman–Crippen LogP) is 1.60. The average molecular weight is 282 g/mol. The molecule has 2 N–H and O–H groups in total. The van der Waals surface area contributed by atoms with Crippen LogP contribution in [0.2, 0.25) is 0 Å². The van der Waals surface area contributed by atoms with Crippen molar-refractivity contribution >= 4 is 11.9 Å². The Hall–Kier alpha value is -1.26. The molecule has 0 bridgehead atoms. The van der Waals surface area contributed by atoms with Gasteiger partial charge >= 0.3 is 0 Å². The van der Waals surface area contributed by atoms with Gasteiger partial charge in [-0.05, 0) is 25.7 Å². The number of likely N-dealkylation sites (N-methyl/N-ethyl adjacent to an activating group) is 1. The molecule has 116 valence electrons. The molecule has 1 aliphatic carbocycles. The van der Waals surface area contributed by atoms with Gasteiger partial charge in [-0.1, -0.05) is 26.2 Å². The van der Waals surface area contributed by atoms with Gasteiger partial charge in [-0.15, -0.1) is 0 Å². The van der Waals surface area contributed by atoms with E-state index in [1.165, 1.54) is 32.1 Å². The average Bonchev–Trinajstić information content (AvgIpc) is 2.44. The van der Waals surface area contributed by atoms with Crippen molar-refractivity contribution in [2.75, 3.05) is 27.2 Å². The van der Waals surface area contributed by atoms with Gasteiger partial charge < -0.3 is 15.5 Å². The SMILES string of the molecule is CCNC(=NCC(=O)N(C)C)NC1CCCC(CC)C1. The van der Waals surface area contributed by atoms with Gasteiger partial charge in [0.2, 0.25) is 5.91 Å². The molecule has 0 aromatic carbocycles. The fourth-order valence-corrected chi connectivity index (χ4v) is 2.59. The van der Waals surface area contributed by atoms with Crippen LogP contribution in [0.5, 0.6) is 0 Å². The number of carbonyl (C=O) groups is 1. The van der Waals surface area contributed by atoms with Crippen molar-refractivity contribution in [2.24, 2.45) is 10.9 Å². The Kier molecular flexibility index (Phi) is 7.41. The van der Waals surface area contributed by atoms with Crippen LogP contribution in [0.25, 0.3) is 0 Å². The Bertz CT molecular complexity index is 328. The normalized spacial score (nSPS) is 23.3. The molecule has 0 aliphatic heterocycles. The van der Waals surface area contributed by atoms with Crippen molar-refractivity contribution < 1.29 is 4.79 Å². The predicted molar refractivity (Wildman–Crippen MR) is 83.8 cm³/mol. The molecule has 1 aliphatic rings. The highest BCUT2D eigenvalue weighted by Crippen LogP contribution is 2.26. The highest BCUT2D eigenvalue weighted by atomic mass is 16.2. The van der Waals surface area contributed by atoms with Crippen molar-refractivity contribution in [1.29, 1.82) is 0 Å². The fourth-order valence-electron chi connectivity index (χ4n) is 2.59. The van der Waals surface area contributed by atoms with Crippen LogP contribution in [-0.4, -0.2) is 50.0 Å². The van der Waals surface area contributed by atoms with Gasteiger partial charge in [-0.25, -0.2) is 4.99 Å². The van der Waals surface area contributed by atoms with Crippen LogP contribution in [0.1, 0.15) is 46.0 Å². The number of aliphatic imine (C=N–C) groups is 1. The van der Waals surface area contributed by atoms with E-state index in [0.717, 1.165) is 18.4 Å². The lowest BCUT2D eigenvalue weighted by atomic mass is 9.84. The number of guanidine groups is 1. The van der Waals surface area contributed by atoms with E-state index in [0.29, 0.717) is 6.04 Å². The number of nitrogens with one attached hydrogen (secondary N) is 2. The molecule has 0 spiro atoms. The van der Waals surface area contributed by atoms with Gasteiger partial charge in [0.1, 0.15) is 6.54 Å². The lowest BCUT2D eigenvalue weighted by Crippen LogP contribution is -2.45. The van der Waals surface area contributed by atoms with Gasteiger partial charge in [-0.3, -0.25) is 4.79 Å². The Morgan fingerprint density at radius 1 is 1.30 bits per heavy atom. The summed E-state index contributed by atoms with van der Waals surface area (Å²) < 4.78 is 0. The Morgan fingerprint density at radius 2 is 2.05 bits per heavy atom. The Balaban J connectivity index is 2.53. The Labute approximate surface area is 123 Å². The minimum absolute atomic E-state index is 0.0253. The summed E-state index contributed by atoms with van der Waals surface area (Å²) in [5, 5.41) is 6.71. The first-order valence-corrected chi connectivity index (χ1v) is 7.81. The van der Waals surface area contributed by atoms with E-state index in [9.17, 15) is 4.79 Å². The van der Waals surface area contributed by atoms with Gasteiger partial charge in [0.15, 0.2) is 5.96 Å². The number of carbonyl (C=O) groups excluding carboxylic acids is 1. The summed E-state index contributed by atoms with van der Waals surface area (Å²) in [7, 11) is 3.51. The largest absolute Gasteiger partial charge is 0.357 e. The molecule has 0 aromatic heterocycles. The number of hydrogen-bond acceptors (Lipinski definition) is 2. The number of amides is 1. The van der Waals surface area contributed by atoms with Crippen molar-refractivity contribution in [3.8, 4) is 0 Å². The highest BCUT2D eigenvalue weighted by molar-refractivity contribution is 5.84. The summed E-state index contributed by atoms with van der Waals surface area (Å²) in [5.41, 5.74) is 0. The second kappa shape index (κ2) is 8.82. The van der Waals surface area contributed by atoms with Gasteiger partial charge in [0.25, 0.3) is 0 Å². The molecule has 20 heavy (non-hydrogen) atoms. The van der Waals surface area contributed by atoms with Crippen LogP contribution in [0.3, 0.4) is 0 Å². The number of rotatable bonds is 5. The van der Waals surface area contributed by atoms with Crippen LogP contribution in [0, 0.1) is 5.92 Å². The second-order valence-electron chi connectivity index (χ2n) is 5.77. The van der Waals surface area contributed by atoms with Crippen LogP contribution < -0.4 is 10.6 Å². The standard InChI is InChI=1S/C15H30N4O/c1-5-12-8-7-9-13(10-12)18-15(16-6-2)17-11-14(20)19(3)4/h12-13H,5-11H2,1-4H3,(H2,16,17,18). The smallest absolute Gasteiger partial charge is 0.243 e. The van der Waals surface area contributed by atoms with Crippen molar-refractivity contribution in [2.45, 2.75) is 52.0 Å². The van der Waals surface area contributed by atoms with Crippen molar-refractivity contribution in [1.82, 2.24) is 15.5 Å². The maximum Gasteiger partial charge on any atom is 0.243 e. The van der Waals surface area contributed by atoms with Gasteiger partial charge in [-0.2, -0.15) is 0 Å². The zero-order chi connectivity index (χ0) is 15.0. The summed E-state index contributed by atoms with van der Waals surface area (Å²) in [4.78, 5) is 17.6.